The lowest BCUT2D eigenvalue weighted by atomic mass is 10.1. The molecule has 0 bridgehead atoms. The molecule has 0 amide bonds. The van der Waals surface area contributed by atoms with Gasteiger partial charge in [-0.2, -0.15) is 5.10 Å². The molecule has 0 N–H and O–H groups in total. The largest absolute Gasteiger partial charge is 0.298 e. The third-order valence-corrected chi connectivity index (χ3v) is 4.36. The van der Waals surface area contributed by atoms with E-state index in [2.05, 4.69) is 29.5 Å². The van der Waals surface area contributed by atoms with Crippen molar-refractivity contribution in [3.05, 3.63) is 41.4 Å². The lowest BCUT2D eigenvalue weighted by Gasteiger charge is -2.01. The Bertz CT molecular complexity index is 742. The Balaban J connectivity index is 2.10. The van der Waals surface area contributed by atoms with E-state index in [0.717, 1.165) is 36.9 Å². The van der Waals surface area contributed by atoms with Gasteiger partial charge in [0.05, 0.1) is 5.56 Å². The molecule has 0 saturated carbocycles. The van der Waals surface area contributed by atoms with Gasteiger partial charge in [0.25, 0.3) is 0 Å². The van der Waals surface area contributed by atoms with Gasteiger partial charge in [-0.05, 0) is 23.3 Å². The molecule has 3 rings (SSSR count). The highest BCUT2D eigenvalue weighted by atomic mass is 32.1. The average Bonchev–Trinajstić information content (AvgIpc) is 3.10. The van der Waals surface area contributed by atoms with Gasteiger partial charge < -0.3 is 0 Å². The number of hydrogen-bond acceptors (Lipinski definition) is 3. The second-order valence-corrected chi connectivity index (χ2v) is 5.73. The maximum atomic E-state index is 11.3. The normalized spacial score (nSPS) is 11.1. The van der Waals surface area contributed by atoms with Crippen LogP contribution < -0.4 is 0 Å². The Kier molecular flexibility index (Phi) is 3.65. The van der Waals surface area contributed by atoms with E-state index in [1.54, 1.807) is 11.3 Å². The Morgan fingerprint density at radius 3 is 3.05 bits per heavy atom. The monoisotopic (exact) mass is 284 g/mol. The quantitative estimate of drug-likeness (QED) is 0.652. The molecule has 0 saturated heterocycles. The first-order chi connectivity index (χ1) is 9.83. The molecule has 3 aromatic rings. The highest BCUT2D eigenvalue weighted by molar-refractivity contribution is 7.17. The first-order valence-corrected chi connectivity index (χ1v) is 7.70. The van der Waals surface area contributed by atoms with Gasteiger partial charge in [-0.1, -0.05) is 31.5 Å². The van der Waals surface area contributed by atoms with E-state index < -0.39 is 0 Å². The third kappa shape index (κ3) is 2.27. The van der Waals surface area contributed by atoms with Crippen molar-refractivity contribution < 1.29 is 4.79 Å². The molecule has 0 radical (unpaired) electrons. The van der Waals surface area contributed by atoms with Crippen molar-refractivity contribution in [2.24, 2.45) is 0 Å². The number of aromatic nitrogens is 2. The fourth-order valence-corrected chi connectivity index (χ4v) is 3.26. The summed E-state index contributed by atoms with van der Waals surface area (Å²) in [7, 11) is 0. The van der Waals surface area contributed by atoms with Crippen molar-refractivity contribution in [1.29, 1.82) is 0 Å². The highest BCUT2D eigenvalue weighted by Gasteiger charge is 2.13. The van der Waals surface area contributed by atoms with E-state index in [0.29, 0.717) is 5.56 Å². The van der Waals surface area contributed by atoms with E-state index >= 15 is 0 Å². The average molecular weight is 284 g/mol. The van der Waals surface area contributed by atoms with Crippen LogP contribution in [0.25, 0.3) is 21.3 Å². The number of benzene rings is 1. The predicted molar refractivity (Wildman–Crippen MR) is 83.3 cm³/mol. The van der Waals surface area contributed by atoms with E-state index in [1.807, 2.05) is 23.0 Å². The zero-order valence-electron chi connectivity index (χ0n) is 11.4. The molecule has 0 atom stereocenters. The minimum Gasteiger partial charge on any atom is -0.298 e. The summed E-state index contributed by atoms with van der Waals surface area (Å²) in [6, 6.07) is 8.24. The van der Waals surface area contributed by atoms with Gasteiger partial charge in [-0.25, -0.2) is 0 Å². The first-order valence-electron chi connectivity index (χ1n) is 6.82. The SMILES string of the molecule is CCCCn1cc(C=O)c(-c2cccc3ccsc23)n1. The summed E-state index contributed by atoms with van der Waals surface area (Å²) in [6.07, 6.45) is 4.94. The van der Waals surface area contributed by atoms with E-state index in [9.17, 15) is 4.79 Å². The highest BCUT2D eigenvalue weighted by Crippen LogP contribution is 2.33. The maximum absolute atomic E-state index is 11.3. The number of carbonyl (C=O) groups is 1. The molecular formula is C16H16N2OS. The molecule has 20 heavy (non-hydrogen) atoms. The van der Waals surface area contributed by atoms with Gasteiger partial charge >= 0.3 is 0 Å². The Morgan fingerprint density at radius 1 is 1.35 bits per heavy atom. The molecule has 1 aromatic carbocycles. The topological polar surface area (TPSA) is 34.9 Å². The van der Waals surface area contributed by atoms with Gasteiger partial charge in [0.2, 0.25) is 0 Å². The number of hydrogen-bond donors (Lipinski definition) is 0. The fraction of sp³-hybridized carbons (Fsp3) is 0.250. The predicted octanol–water partition coefficient (Wildman–Crippen LogP) is 4.38. The van der Waals surface area contributed by atoms with Crippen molar-refractivity contribution in [1.82, 2.24) is 9.78 Å². The lowest BCUT2D eigenvalue weighted by molar-refractivity contribution is 0.112. The van der Waals surface area contributed by atoms with Gasteiger partial charge in [-0.15, -0.1) is 11.3 Å². The Labute approximate surface area is 121 Å². The van der Waals surface area contributed by atoms with Crippen LogP contribution in [0.15, 0.2) is 35.8 Å². The fourth-order valence-electron chi connectivity index (χ4n) is 2.35. The summed E-state index contributed by atoms with van der Waals surface area (Å²) in [4.78, 5) is 11.3. The standard InChI is InChI=1S/C16H16N2OS/c1-2-3-8-18-10-13(11-19)15(17-18)14-6-4-5-12-7-9-20-16(12)14/h4-7,9-11H,2-3,8H2,1H3. The second kappa shape index (κ2) is 5.59. The smallest absolute Gasteiger partial charge is 0.153 e. The van der Waals surface area contributed by atoms with Crippen LogP contribution in [-0.4, -0.2) is 16.1 Å². The van der Waals surface area contributed by atoms with Crippen LogP contribution in [0.3, 0.4) is 0 Å². The van der Waals surface area contributed by atoms with Crippen LogP contribution in [0.1, 0.15) is 30.1 Å². The summed E-state index contributed by atoms with van der Waals surface area (Å²) >= 11 is 1.69. The minimum atomic E-state index is 0.669. The molecular weight excluding hydrogens is 268 g/mol. The maximum Gasteiger partial charge on any atom is 0.153 e. The molecule has 102 valence electrons. The van der Waals surface area contributed by atoms with E-state index in [4.69, 9.17) is 0 Å². The molecule has 3 nitrogen and oxygen atoms in total. The van der Waals surface area contributed by atoms with Crippen molar-refractivity contribution in [3.63, 3.8) is 0 Å². The Morgan fingerprint density at radius 2 is 2.25 bits per heavy atom. The van der Waals surface area contributed by atoms with Gasteiger partial charge in [0, 0.05) is 23.0 Å². The van der Waals surface area contributed by atoms with Crippen molar-refractivity contribution in [3.8, 4) is 11.3 Å². The molecule has 0 unspecified atom stereocenters. The summed E-state index contributed by atoms with van der Waals surface area (Å²) < 4.78 is 3.07. The molecule has 0 fully saturated rings. The zero-order valence-corrected chi connectivity index (χ0v) is 12.2. The molecule has 0 aliphatic carbocycles. The summed E-state index contributed by atoms with van der Waals surface area (Å²) in [5.74, 6) is 0. The van der Waals surface area contributed by atoms with Crippen LogP contribution in [0.4, 0.5) is 0 Å². The Hall–Kier alpha value is -1.94. The molecule has 2 aromatic heterocycles. The van der Waals surface area contributed by atoms with Crippen LogP contribution >= 0.6 is 11.3 Å². The summed E-state index contributed by atoms with van der Waals surface area (Å²) in [6.45, 7) is 3.01. The number of rotatable bonds is 5. The first kappa shape index (κ1) is 13.1. The molecule has 0 spiro atoms. The van der Waals surface area contributed by atoms with Crippen LogP contribution in [-0.2, 0) is 6.54 Å². The molecule has 0 aliphatic heterocycles. The number of thiophene rings is 1. The van der Waals surface area contributed by atoms with Crippen molar-refractivity contribution in [2.45, 2.75) is 26.3 Å². The molecule has 0 aliphatic rings. The number of fused-ring (bicyclic) bond motifs is 1. The van der Waals surface area contributed by atoms with E-state index in [-0.39, 0.29) is 0 Å². The van der Waals surface area contributed by atoms with Crippen molar-refractivity contribution >= 4 is 27.7 Å². The number of nitrogens with zero attached hydrogens (tertiary/aromatic N) is 2. The second-order valence-electron chi connectivity index (χ2n) is 4.81. The lowest BCUT2D eigenvalue weighted by Crippen LogP contribution is -1.97. The van der Waals surface area contributed by atoms with Gasteiger partial charge in [-0.3, -0.25) is 9.48 Å². The van der Waals surface area contributed by atoms with Crippen LogP contribution in [0, 0.1) is 0 Å². The van der Waals surface area contributed by atoms with Gasteiger partial charge in [0.1, 0.15) is 5.69 Å². The number of carbonyl (C=O) groups excluding carboxylic acids is 1. The minimum absolute atomic E-state index is 0.669. The third-order valence-electron chi connectivity index (χ3n) is 3.39. The number of aldehydes is 1. The van der Waals surface area contributed by atoms with Crippen LogP contribution in [0.2, 0.25) is 0 Å². The molecule has 2 heterocycles. The summed E-state index contributed by atoms with van der Waals surface area (Å²) in [5.41, 5.74) is 2.51. The number of aryl methyl sites for hydroxylation is 1. The molecule has 4 heteroatoms. The van der Waals surface area contributed by atoms with Crippen molar-refractivity contribution in [2.75, 3.05) is 0 Å². The zero-order chi connectivity index (χ0) is 13.9. The summed E-state index contributed by atoms with van der Waals surface area (Å²) in [5, 5.41) is 7.88. The number of unbranched alkanes of at least 4 members (excludes halogenated alkanes) is 1. The van der Waals surface area contributed by atoms with E-state index in [1.165, 1.54) is 10.1 Å². The van der Waals surface area contributed by atoms with Crippen LogP contribution in [0.5, 0.6) is 0 Å². The van der Waals surface area contributed by atoms with Gasteiger partial charge in [0.15, 0.2) is 6.29 Å².